The molecule has 9 heavy (non-hydrogen) atoms. The molecule has 1 aromatic heterocycles. The molecule has 0 aromatic carbocycles. The zero-order valence-electron chi connectivity index (χ0n) is 4.65. The van der Waals surface area contributed by atoms with Gasteiger partial charge in [0.05, 0.1) is 0 Å². The van der Waals surface area contributed by atoms with Gasteiger partial charge in [0.25, 0.3) is 0 Å². The van der Waals surface area contributed by atoms with Crippen LogP contribution in [0.15, 0.2) is 18.5 Å². The molecule has 0 saturated heterocycles. The van der Waals surface area contributed by atoms with Gasteiger partial charge in [0.2, 0.25) is 6.41 Å². The molecular weight excluding hydrogens is 118 g/mol. The highest BCUT2D eigenvalue weighted by Crippen LogP contribution is 1.93. The second kappa shape index (κ2) is 2.26. The highest BCUT2D eigenvalue weighted by atomic mass is 16.1. The van der Waals surface area contributed by atoms with E-state index >= 15 is 0 Å². The predicted octanol–water partition coefficient (Wildman–Crippen LogP) is 0.339. The molecule has 0 unspecified atom stereocenters. The number of aromatic nitrogens is 1. The molecule has 46 valence electrons. The molecule has 0 aliphatic rings. The lowest BCUT2D eigenvalue weighted by Crippen LogP contribution is -1.87. The van der Waals surface area contributed by atoms with E-state index in [1.807, 2.05) is 0 Å². The van der Waals surface area contributed by atoms with Crippen molar-refractivity contribution in [2.24, 2.45) is 0 Å². The van der Waals surface area contributed by atoms with Crippen LogP contribution in [0.4, 0.5) is 0 Å². The molecule has 3 heteroatoms. The number of carbonyl (C=O) groups is 2. The average molecular weight is 123 g/mol. The third-order valence-electron chi connectivity index (χ3n) is 0.995. The summed E-state index contributed by atoms with van der Waals surface area (Å²) >= 11 is 0. The van der Waals surface area contributed by atoms with Gasteiger partial charge in [0, 0.05) is 18.0 Å². The Balaban J connectivity index is 2.98. The predicted molar refractivity (Wildman–Crippen MR) is 32.0 cm³/mol. The fourth-order valence-corrected chi connectivity index (χ4v) is 0.566. The van der Waals surface area contributed by atoms with Crippen LogP contribution >= 0.6 is 0 Å². The third kappa shape index (κ3) is 1.05. The lowest BCUT2D eigenvalue weighted by atomic mass is 10.4. The third-order valence-corrected chi connectivity index (χ3v) is 0.995. The van der Waals surface area contributed by atoms with Gasteiger partial charge in [-0.25, -0.2) is 0 Å². The summed E-state index contributed by atoms with van der Waals surface area (Å²) in [4.78, 5) is 20.0. The Labute approximate surface area is 51.9 Å². The minimum atomic E-state index is 0.516. The summed E-state index contributed by atoms with van der Waals surface area (Å²) in [6, 6.07) is 1.57. The van der Waals surface area contributed by atoms with Gasteiger partial charge >= 0.3 is 0 Å². The van der Waals surface area contributed by atoms with Crippen LogP contribution in [0.25, 0.3) is 0 Å². The average Bonchev–Trinajstić information content (AvgIpc) is 2.34. The number of rotatable bonds is 2. The quantitative estimate of drug-likeness (QED) is 0.532. The second-order valence-electron chi connectivity index (χ2n) is 1.62. The molecule has 0 saturated carbocycles. The van der Waals surface area contributed by atoms with Crippen molar-refractivity contribution >= 4 is 12.7 Å². The van der Waals surface area contributed by atoms with E-state index in [9.17, 15) is 9.59 Å². The van der Waals surface area contributed by atoms with E-state index in [4.69, 9.17) is 0 Å². The number of hydrogen-bond donors (Lipinski definition) is 0. The van der Waals surface area contributed by atoms with Crippen molar-refractivity contribution in [2.45, 2.75) is 0 Å². The van der Waals surface area contributed by atoms with Crippen molar-refractivity contribution in [1.29, 1.82) is 0 Å². The van der Waals surface area contributed by atoms with Gasteiger partial charge in [-0.05, 0) is 6.07 Å². The molecule has 0 aliphatic carbocycles. The van der Waals surface area contributed by atoms with E-state index in [1.165, 1.54) is 17.0 Å². The summed E-state index contributed by atoms with van der Waals surface area (Å²) in [7, 11) is 0. The fraction of sp³-hybridized carbons (Fsp3) is 0. The van der Waals surface area contributed by atoms with Gasteiger partial charge in [-0.2, -0.15) is 0 Å². The number of carbonyl (C=O) groups excluding carboxylic acids is 2. The van der Waals surface area contributed by atoms with Crippen LogP contribution in [0, 0.1) is 0 Å². The van der Waals surface area contributed by atoms with Crippen molar-refractivity contribution < 1.29 is 9.59 Å². The molecule has 1 heterocycles. The van der Waals surface area contributed by atoms with Crippen LogP contribution in [0.1, 0.15) is 10.4 Å². The molecule has 0 amide bonds. The van der Waals surface area contributed by atoms with E-state index in [0.717, 1.165) is 0 Å². The second-order valence-corrected chi connectivity index (χ2v) is 1.62. The van der Waals surface area contributed by atoms with Crippen molar-refractivity contribution in [2.75, 3.05) is 0 Å². The monoisotopic (exact) mass is 123 g/mol. The normalized spacial score (nSPS) is 8.89. The Bertz CT molecular complexity index is 204. The lowest BCUT2D eigenvalue weighted by Gasteiger charge is -1.79. The van der Waals surface area contributed by atoms with Crippen molar-refractivity contribution in [3.05, 3.63) is 24.0 Å². The SMILES string of the molecule is O=Cc1ccn(C=O)c1. The summed E-state index contributed by atoms with van der Waals surface area (Å²) in [5.41, 5.74) is 0.516. The first-order valence-electron chi connectivity index (χ1n) is 2.45. The molecule has 1 rings (SSSR count). The minimum Gasteiger partial charge on any atom is -0.298 e. The lowest BCUT2D eigenvalue weighted by molar-refractivity contribution is 0.112. The maximum Gasteiger partial charge on any atom is 0.217 e. The molecule has 3 nitrogen and oxygen atoms in total. The number of nitrogens with zero attached hydrogens (tertiary/aromatic N) is 1. The molecular formula is C6H5NO2. The van der Waals surface area contributed by atoms with Crippen molar-refractivity contribution in [3.8, 4) is 0 Å². The maximum absolute atomic E-state index is 10.0. The Morgan fingerprint density at radius 1 is 1.44 bits per heavy atom. The molecule has 0 bridgehead atoms. The standard InChI is InChI=1S/C6H5NO2/c8-4-6-1-2-7(3-6)5-9/h1-5H. The molecule has 1 aromatic rings. The first kappa shape index (κ1) is 5.75. The van der Waals surface area contributed by atoms with Crippen LogP contribution in [0.3, 0.4) is 0 Å². The smallest absolute Gasteiger partial charge is 0.217 e. The Morgan fingerprint density at radius 2 is 2.22 bits per heavy atom. The van der Waals surface area contributed by atoms with Gasteiger partial charge in [-0.3, -0.25) is 14.2 Å². The Kier molecular flexibility index (Phi) is 1.44. The zero-order chi connectivity index (χ0) is 6.69. The minimum absolute atomic E-state index is 0.516. The molecule has 0 fully saturated rings. The topological polar surface area (TPSA) is 39.1 Å². The first-order valence-corrected chi connectivity index (χ1v) is 2.45. The van der Waals surface area contributed by atoms with Crippen LogP contribution < -0.4 is 0 Å². The highest BCUT2D eigenvalue weighted by molar-refractivity contribution is 5.75. The van der Waals surface area contributed by atoms with Crippen LogP contribution in [0.5, 0.6) is 0 Å². The van der Waals surface area contributed by atoms with Crippen LogP contribution in [-0.2, 0) is 4.79 Å². The molecule has 0 aliphatic heterocycles. The zero-order valence-corrected chi connectivity index (χ0v) is 4.65. The van der Waals surface area contributed by atoms with Crippen molar-refractivity contribution in [1.82, 2.24) is 4.57 Å². The Hall–Kier alpha value is -1.38. The summed E-state index contributed by atoms with van der Waals surface area (Å²) in [6.45, 7) is 0. The summed E-state index contributed by atoms with van der Waals surface area (Å²) in [5.74, 6) is 0. The Morgan fingerprint density at radius 3 is 2.56 bits per heavy atom. The highest BCUT2D eigenvalue weighted by Gasteiger charge is 1.90. The van der Waals surface area contributed by atoms with Gasteiger partial charge < -0.3 is 0 Å². The number of aldehydes is 1. The van der Waals surface area contributed by atoms with Crippen LogP contribution in [0.2, 0.25) is 0 Å². The summed E-state index contributed by atoms with van der Waals surface area (Å²) in [5, 5.41) is 0. The summed E-state index contributed by atoms with van der Waals surface area (Å²) in [6.07, 6.45) is 4.31. The van der Waals surface area contributed by atoms with Gasteiger partial charge in [0.1, 0.15) is 0 Å². The molecule has 0 radical (unpaired) electrons. The van der Waals surface area contributed by atoms with Gasteiger partial charge in [0.15, 0.2) is 6.29 Å². The number of hydrogen-bond acceptors (Lipinski definition) is 2. The molecule has 0 atom stereocenters. The fourth-order valence-electron chi connectivity index (χ4n) is 0.566. The van der Waals surface area contributed by atoms with E-state index in [1.54, 1.807) is 6.07 Å². The maximum atomic E-state index is 10.0. The van der Waals surface area contributed by atoms with E-state index < -0.39 is 0 Å². The van der Waals surface area contributed by atoms with E-state index in [-0.39, 0.29) is 0 Å². The van der Waals surface area contributed by atoms with Gasteiger partial charge in [-0.15, -0.1) is 0 Å². The molecule has 0 spiro atoms. The van der Waals surface area contributed by atoms with Crippen molar-refractivity contribution in [3.63, 3.8) is 0 Å². The summed E-state index contributed by atoms with van der Waals surface area (Å²) < 4.78 is 1.28. The van der Waals surface area contributed by atoms with Gasteiger partial charge in [-0.1, -0.05) is 0 Å². The largest absolute Gasteiger partial charge is 0.298 e. The van der Waals surface area contributed by atoms with E-state index in [2.05, 4.69) is 0 Å². The first-order chi connectivity index (χ1) is 4.36. The molecule has 0 N–H and O–H groups in total. The van der Waals surface area contributed by atoms with E-state index in [0.29, 0.717) is 18.3 Å². The van der Waals surface area contributed by atoms with Crippen LogP contribution in [-0.4, -0.2) is 17.3 Å².